The van der Waals surface area contributed by atoms with E-state index in [0.717, 1.165) is 4.90 Å². The molecule has 0 radical (unpaired) electrons. The van der Waals surface area contributed by atoms with Crippen LogP contribution in [0.25, 0.3) is 0 Å². The Morgan fingerprint density at radius 2 is 1.68 bits per heavy atom. The van der Waals surface area contributed by atoms with E-state index < -0.39 is 47.7 Å². The third kappa shape index (κ3) is 7.86. The largest absolute Gasteiger partial charge is 0.460 e. The van der Waals surface area contributed by atoms with Crippen LogP contribution >= 0.6 is 0 Å². The summed E-state index contributed by atoms with van der Waals surface area (Å²) < 4.78 is 25.6. The zero-order chi connectivity index (χ0) is 30.0. The highest BCUT2D eigenvalue weighted by molar-refractivity contribution is 6.01. The minimum atomic E-state index is -1.20. The molecule has 1 atom stereocenters. The van der Waals surface area contributed by atoms with Crippen molar-refractivity contribution in [2.45, 2.75) is 46.1 Å². The Balaban J connectivity index is 2.70. The first-order chi connectivity index (χ1) is 18.9. The van der Waals surface area contributed by atoms with Gasteiger partial charge in [0, 0.05) is 37.2 Å². The highest BCUT2D eigenvalue weighted by atomic mass is 16.7. The lowest BCUT2D eigenvalue weighted by atomic mass is 9.79. The van der Waals surface area contributed by atoms with Gasteiger partial charge in [0.15, 0.2) is 0 Å². The number of nitrogens with zero attached hydrogens (tertiary/aromatic N) is 2. The zero-order valence-corrected chi connectivity index (χ0v) is 23.0. The second-order valence-corrected chi connectivity index (χ2v) is 8.78. The molecule has 0 aliphatic carbocycles. The molecule has 0 bridgehead atoms. The molecular weight excluding hydrogens is 530 g/mol. The van der Waals surface area contributed by atoms with E-state index in [2.05, 4.69) is 0 Å². The maximum Gasteiger partial charge on any atom is 0.421 e. The summed E-state index contributed by atoms with van der Waals surface area (Å²) in [6.45, 7) is 5.29. The first kappa shape index (κ1) is 31.9. The number of amides is 1. The lowest BCUT2D eigenvalue weighted by Crippen LogP contribution is -2.39. The Labute approximate surface area is 230 Å². The summed E-state index contributed by atoms with van der Waals surface area (Å²) in [4.78, 5) is 63.5. The minimum absolute atomic E-state index is 0.0239. The molecule has 0 saturated carbocycles. The summed E-state index contributed by atoms with van der Waals surface area (Å²) in [6, 6.07) is 5.40. The molecule has 1 aromatic carbocycles. The van der Waals surface area contributed by atoms with Crippen LogP contribution in [0.15, 0.2) is 46.8 Å². The number of nitro groups is 1. The van der Waals surface area contributed by atoms with Crippen LogP contribution < -0.4 is 5.73 Å². The van der Waals surface area contributed by atoms with Gasteiger partial charge in [-0.1, -0.05) is 12.1 Å². The summed E-state index contributed by atoms with van der Waals surface area (Å²) >= 11 is 0. The number of esters is 3. The third-order valence-electron chi connectivity index (χ3n) is 5.68. The van der Waals surface area contributed by atoms with Crippen LogP contribution in [0.2, 0.25) is 0 Å². The summed E-state index contributed by atoms with van der Waals surface area (Å²) in [5, 5.41) is 11.5. The third-order valence-corrected chi connectivity index (χ3v) is 5.68. The average molecular weight is 564 g/mol. The molecule has 14 nitrogen and oxygen atoms in total. The van der Waals surface area contributed by atoms with Gasteiger partial charge < -0.3 is 29.4 Å². The van der Waals surface area contributed by atoms with Crippen LogP contribution in [0.1, 0.15) is 45.6 Å². The van der Waals surface area contributed by atoms with Crippen molar-refractivity contribution < 1.29 is 47.8 Å². The molecule has 40 heavy (non-hydrogen) atoms. The van der Waals surface area contributed by atoms with E-state index in [1.807, 2.05) is 0 Å². The standard InChI is InChI=1S/C26H33N3O11/c1-15(2)40-25(32)22-17(4)28(26(33)39-14-38-20(30)9-10-27)16(3)21(24(31)37-12-11-36-5)23(22)18-7-6-8-19(13-18)29(34)35/h6-8,13,15,23H,9-12,14,27H2,1-5H3. The van der Waals surface area contributed by atoms with E-state index in [1.54, 1.807) is 13.8 Å². The first-order valence-corrected chi connectivity index (χ1v) is 12.3. The number of hydrogen-bond donors (Lipinski definition) is 1. The van der Waals surface area contributed by atoms with Crippen molar-refractivity contribution in [3.8, 4) is 0 Å². The minimum Gasteiger partial charge on any atom is -0.460 e. The van der Waals surface area contributed by atoms with Gasteiger partial charge in [-0.3, -0.25) is 19.8 Å². The Morgan fingerprint density at radius 3 is 2.25 bits per heavy atom. The van der Waals surface area contributed by atoms with Crippen LogP contribution in [-0.2, 0) is 38.1 Å². The molecule has 2 rings (SSSR count). The SMILES string of the molecule is COCCOC(=O)C1=C(C)N(C(=O)OCOC(=O)CCN)C(C)=C(C(=O)OC(C)C)C1c1cccc([N+](=O)[O-])c1. The van der Waals surface area contributed by atoms with Crippen molar-refractivity contribution in [1.29, 1.82) is 0 Å². The van der Waals surface area contributed by atoms with Gasteiger partial charge in [-0.25, -0.2) is 14.4 Å². The normalized spacial score (nSPS) is 15.2. The molecule has 1 heterocycles. The van der Waals surface area contributed by atoms with E-state index in [-0.39, 0.29) is 60.0 Å². The van der Waals surface area contributed by atoms with Gasteiger partial charge in [-0.05, 0) is 33.3 Å². The van der Waals surface area contributed by atoms with Crippen molar-refractivity contribution >= 4 is 29.7 Å². The average Bonchev–Trinajstić information content (AvgIpc) is 2.88. The monoisotopic (exact) mass is 563 g/mol. The summed E-state index contributed by atoms with van der Waals surface area (Å²) in [7, 11) is 1.41. The molecule has 0 saturated heterocycles. The molecule has 1 amide bonds. The highest BCUT2D eigenvalue weighted by Gasteiger charge is 2.43. The molecule has 0 spiro atoms. The fraction of sp³-hybridized carbons (Fsp3) is 0.462. The molecule has 2 N–H and O–H groups in total. The molecule has 0 fully saturated rings. The maximum absolute atomic E-state index is 13.4. The summed E-state index contributed by atoms with van der Waals surface area (Å²) in [5.41, 5.74) is 5.00. The van der Waals surface area contributed by atoms with Crippen LogP contribution in [0.5, 0.6) is 0 Å². The fourth-order valence-electron chi connectivity index (χ4n) is 3.98. The van der Waals surface area contributed by atoms with Crippen LogP contribution in [-0.4, -0.2) is 73.6 Å². The molecule has 14 heteroatoms. The number of rotatable bonds is 12. The highest BCUT2D eigenvalue weighted by Crippen LogP contribution is 2.44. The lowest BCUT2D eigenvalue weighted by molar-refractivity contribution is -0.384. The number of benzene rings is 1. The van der Waals surface area contributed by atoms with Crippen molar-refractivity contribution in [2.24, 2.45) is 5.73 Å². The maximum atomic E-state index is 13.4. The number of hydrogen-bond acceptors (Lipinski definition) is 12. The van der Waals surface area contributed by atoms with Gasteiger partial charge in [0.2, 0.25) is 6.79 Å². The van der Waals surface area contributed by atoms with E-state index in [4.69, 9.17) is 29.4 Å². The Morgan fingerprint density at radius 1 is 1.02 bits per heavy atom. The predicted octanol–water partition coefficient (Wildman–Crippen LogP) is 2.67. The first-order valence-electron chi connectivity index (χ1n) is 12.3. The summed E-state index contributed by atoms with van der Waals surface area (Å²) in [6.07, 6.45) is -1.73. The van der Waals surface area contributed by atoms with Crippen LogP contribution in [0.3, 0.4) is 0 Å². The number of ether oxygens (including phenoxy) is 5. The Kier molecular flexibility index (Phi) is 11.8. The van der Waals surface area contributed by atoms with Crippen molar-refractivity contribution in [3.63, 3.8) is 0 Å². The molecule has 1 unspecified atom stereocenters. The number of nitro benzene ring substituents is 1. The number of carbonyl (C=O) groups is 4. The second kappa shape index (κ2) is 14.7. The van der Waals surface area contributed by atoms with Gasteiger partial charge >= 0.3 is 24.0 Å². The second-order valence-electron chi connectivity index (χ2n) is 8.78. The van der Waals surface area contributed by atoms with Gasteiger partial charge in [-0.15, -0.1) is 0 Å². The lowest BCUT2D eigenvalue weighted by Gasteiger charge is -2.36. The van der Waals surface area contributed by atoms with Crippen LogP contribution in [0.4, 0.5) is 10.5 Å². The van der Waals surface area contributed by atoms with E-state index in [9.17, 15) is 29.3 Å². The fourth-order valence-corrected chi connectivity index (χ4v) is 3.98. The quantitative estimate of drug-likeness (QED) is 0.0979. The Bertz CT molecular complexity index is 1210. The number of carbonyl (C=O) groups excluding carboxylic acids is 4. The van der Waals surface area contributed by atoms with Crippen molar-refractivity contribution in [2.75, 3.05) is 33.7 Å². The molecule has 1 aliphatic heterocycles. The van der Waals surface area contributed by atoms with Crippen LogP contribution in [0, 0.1) is 10.1 Å². The number of nitrogens with two attached hydrogens (primary N) is 1. The van der Waals surface area contributed by atoms with E-state index >= 15 is 0 Å². The number of methoxy groups -OCH3 is 1. The number of non-ortho nitro benzene ring substituents is 1. The number of allylic oxidation sites excluding steroid dienone is 2. The molecule has 1 aliphatic rings. The van der Waals surface area contributed by atoms with Gasteiger partial charge in [0.1, 0.15) is 6.61 Å². The van der Waals surface area contributed by atoms with Crippen molar-refractivity contribution in [3.05, 3.63) is 62.5 Å². The Hall–Kier alpha value is -4.30. The smallest absolute Gasteiger partial charge is 0.421 e. The molecule has 218 valence electrons. The van der Waals surface area contributed by atoms with E-state index in [0.29, 0.717) is 0 Å². The van der Waals surface area contributed by atoms with Gasteiger partial charge in [0.05, 0.1) is 41.1 Å². The predicted molar refractivity (Wildman–Crippen MR) is 138 cm³/mol. The summed E-state index contributed by atoms with van der Waals surface area (Å²) in [5.74, 6) is -3.66. The molecular formula is C26H33N3O11. The van der Waals surface area contributed by atoms with Gasteiger partial charge in [0.25, 0.3) is 5.69 Å². The molecule has 0 aromatic heterocycles. The molecule has 1 aromatic rings. The topological polar surface area (TPSA) is 187 Å². The zero-order valence-electron chi connectivity index (χ0n) is 23.0. The van der Waals surface area contributed by atoms with E-state index in [1.165, 1.54) is 45.2 Å². The van der Waals surface area contributed by atoms with Gasteiger partial charge in [-0.2, -0.15) is 0 Å². The van der Waals surface area contributed by atoms with Crippen molar-refractivity contribution in [1.82, 2.24) is 4.90 Å².